The Hall–Kier alpha value is -2.38. The highest BCUT2D eigenvalue weighted by atomic mass is 79.9. The number of halogens is 1. The van der Waals surface area contributed by atoms with Crippen LogP contribution >= 0.6 is 27.7 Å². The maximum absolute atomic E-state index is 13.4. The lowest BCUT2D eigenvalue weighted by Gasteiger charge is -2.19. The molecular formula is C27H30BrN3O2S. The van der Waals surface area contributed by atoms with Gasteiger partial charge in [-0.05, 0) is 81.8 Å². The van der Waals surface area contributed by atoms with Crippen molar-refractivity contribution in [2.45, 2.75) is 57.6 Å². The first-order valence-electron chi connectivity index (χ1n) is 11.8. The molecular weight excluding hydrogens is 510 g/mol. The van der Waals surface area contributed by atoms with E-state index in [1.165, 1.54) is 35.7 Å². The summed E-state index contributed by atoms with van der Waals surface area (Å²) in [5.74, 6) is -0.202. The number of nitrogens with zero attached hydrogens (tertiary/aromatic N) is 2. The molecule has 1 heterocycles. The van der Waals surface area contributed by atoms with Gasteiger partial charge >= 0.3 is 0 Å². The van der Waals surface area contributed by atoms with E-state index >= 15 is 0 Å². The number of allylic oxidation sites excluding steroid dienone is 1. The van der Waals surface area contributed by atoms with E-state index in [4.69, 9.17) is 4.99 Å². The fourth-order valence-corrected chi connectivity index (χ4v) is 5.71. The zero-order valence-corrected chi connectivity index (χ0v) is 22.0. The highest BCUT2D eigenvalue weighted by molar-refractivity contribution is 9.10. The zero-order chi connectivity index (χ0) is 24.1. The molecule has 1 fully saturated rings. The number of amides is 2. The predicted octanol–water partition coefficient (Wildman–Crippen LogP) is 6.92. The van der Waals surface area contributed by atoms with Crippen molar-refractivity contribution >= 4 is 56.0 Å². The van der Waals surface area contributed by atoms with Gasteiger partial charge in [-0.1, -0.05) is 57.0 Å². The summed E-state index contributed by atoms with van der Waals surface area (Å²) in [6, 6.07) is 13.6. The van der Waals surface area contributed by atoms with Gasteiger partial charge in [0.2, 0.25) is 11.8 Å². The fraction of sp³-hybridized carbons (Fsp3) is 0.370. The third-order valence-electron chi connectivity index (χ3n) is 6.13. The SMILES string of the molecule is Cc1ccc(N=C2S[C@@H](CC(=O)Nc3ccc(Br)cc3)C(=O)N2CCC2=CCCCC2)c(C)c1. The number of anilines is 1. The minimum Gasteiger partial charge on any atom is -0.326 e. The topological polar surface area (TPSA) is 61.8 Å². The lowest BCUT2D eigenvalue weighted by molar-refractivity contribution is -0.128. The summed E-state index contributed by atoms with van der Waals surface area (Å²) >= 11 is 4.80. The summed E-state index contributed by atoms with van der Waals surface area (Å²) in [4.78, 5) is 32.7. The lowest BCUT2D eigenvalue weighted by Crippen LogP contribution is -2.34. The van der Waals surface area contributed by atoms with Crippen molar-refractivity contribution in [2.24, 2.45) is 4.99 Å². The van der Waals surface area contributed by atoms with E-state index in [0.717, 1.165) is 35.0 Å². The number of aryl methyl sites for hydroxylation is 2. The highest BCUT2D eigenvalue weighted by Gasteiger charge is 2.39. The lowest BCUT2D eigenvalue weighted by atomic mass is 9.97. The number of hydrogen-bond donors (Lipinski definition) is 1. The Morgan fingerprint density at radius 1 is 1.18 bits per heavy atom. The molecule has 34 heavy (non-hydrogen) atoms. The van der Waals surface area contributed by atoms with Crippen molar-refractivity contribution in [3.8, 4) is 0 Å². The second-order valence-corrected chi connectivity index (χ2v) is 11.0. The van der Waals surface area contributed by atoms with Crippen LogP contribution in [-0.4, -0.2) is 33.7 Å². The number of carbonyl (C=O) groups is 2. The standard InChI is InChI=1S/C27H30BrN3O2S/c1-18-8-13-23(19(2)16-18)30-27-31(15-14-20-6-4-3-5-7-20)26(33)24(34-27)17-25(32)29-22-11-9-21(28)10-12-22/h6,8-13,16,24H,3-5,7,14-15,17H2,1-2H3,(H,29,32)/t24-/m0/s1. The van der Waals surface area contributed by atoms with Crippen LogP contribution < -0.4 is 5.32 Å². The van der Waals surface area contributed by atoms with Crippen molar-refractivity contribution in [2.75, 3.05) is 11.9 Å². The van der Waals surface area contributed by atoms with Crippen LogP contribution in [0.1, 0.15) is 49.7 Å². The van der Waals surface area contributed by atoms with Crippen LogP contribution in [0.2, 0.25) is 0 Å². The molecule has 0 bridgehead atoms. The Kier molecular flexibility index (Phi) is 8.27. The van der Waals surface area contributed by atoms with Gasteiger partial charge in [-0.15, -0.1) is 0 Å². The maximum atomic E-state index is 13.4. The van der Waals surface area contributed by atoms with E-state index in [1.54, 1.807) is 4.90 Å². The largest absolute Gasteiger partial charge is 0.326 e. The quantitative estimate of drug-likeness (QED) is 0.388. The van der Waals surface area contributed by atoms with Gasteiger partial charge in [0.05, 0.1) is 5.69 Å². The van der Waals surface area contributed by atoms with Crippen LogP contribution in [0.4, 0.5) is 11.4 Å². The number of aliphatic imine (C=N–C) groups is 1. The Morgan fingerprint density at radius 2 is 1.97 bits per heavy atom. The molecule has 4 rings (SSSR count). The second-order valence-electron chi connectivity index (χ2n) is 8.90. The minimum absolute atomic E-state index is 0.0316. The Morgan fingerprint density at radius 3 is 2.68 bits per heavy atom. The first-order chi connectivity index (χ1) is 16.4. The molecule has 1 saturated heterocycles. The van der Waals surface area contributed by atoms with Gasteiger partial charge in [0, 0.05) is 23.1 Å². The number of carbonyl (C=O) groups excluding carboxylic acids is 2. The first-order valence-corrected chi connectivity index (χ1v) is 13.4. The van der Waals surface area contributed by atoms with Crippen LogP contribution in [0.25, 0.3) is 0 Å². The number of hydrogen-bond acceptors (Lipinski definition) is 4. The third-order valence-corrected chi connectivity index (χ3v) is 7.83. The molecule has 2 aromatic carbocycles. The Balaban J connectivity index is 1.50. The molecule has 0 spiro atoms. The van der Waals surface area contributed by atoms with Crippen molar-refractivity contribution in [3.05, 3.63) is 69.7 Å². The summed E-state index contributed by atoms with van der Waals surface area (Å²) in [5, 5.41) is 3.12. The molecule has 0 aromatic heterocycles. The van der Waals surface area contributed by atoms with E-state index in [1.807, 2.05) is 43.3 Å². The molecule has 1 atom stereocenters. The fourth-order valence-electron chi connectivity index (χ4n) is 4.27. The molecule has 2 aliphatic rings. The molecule has 2 amide bonds. The smallest absolute Gasteiger partial charge is 0.242 e. The van der Waals surface area contributed by atoms with Crippen molar-refractivity contribution in [1.82, 2.24) is 4.90 Å². The molecule has 0 saturated carbocycles. The van der Waals surface area contributed by atoms with Gasteiger partial charge in [-0.2, -0.15) is 0 Å². The number of rotatable bonds is 7. The predicted molar refractivity (Wildman–Crippen MR) is 145 cm³/mol. The average Bonchev–Trinajstić information content (AvgIpc) is 3.10. The van der Waals surface area contributed by atoms with E-state index < -0.39 is 5.25 Å². The Labute approximate surface area is 214 Å². The van der Waals surface area contributed by atoms with Crippen LogP contribution in [0.5, 0.6) is 0 Å². The highest BCUT2D eigenvalue weighted by Crippen LogP contribution is 2.34. The van der Waals surface area contributed by atoms with Crippen molar-refractivity contribution < 1.29 is 9.59 Å². The van der Waals surface area contributed by atoms with Gasteiger partial charge in [-0.3, -0.25) is 14.5 Å². The summed E-state index contributed by atoms with van der Waals surface area (Å²) in [6.07, 6.45) is 7.99. The number of amidine groups is 1. The van der Waals surface area contributed by atoms with Crippen LogP contribution in [0, 0.1) is 13.8 Å². The molecule has 0 unspecified atom stereocenters. The average molecular weight is 541 g/mol. The molecule has 2 aromatic rings. The molecule has 1 N–H and O–H groups in total. The summed E-state index contributed by atoms with van der Waals surface area (Å²) in [6.45, 7) is 4.70. The first kappa shape index (κ1) is 24.7. The van der Waals surface area contributed by atoms with Gasteiger partial charge in [0.25, 0.3) is 0 Å². The Bertz CT molecular complexity index is 1130. The van der Waals surface area contributed by atoms with E-state index in [2.05, 4.69) is 40.3 Å². The number of benzene rings is 2. The minimum atomic E-state index is -0.472. The van der Waals surface area contributed by atoms with Crippen molar-refractivity contribution in [1.29, 1.82) is 0 Å². The zero-order valence-electron chi connectivity index (χ0n) is 19.6. The molecule has 1 aliphatic heterocycles. The van der Waals surface area contributed by atoms with Crippen molar-refractivity contribution in [3.63, 3.8) is 0 Å². The summed E-state index contributed by atoms with van der Waals surface area (Å²) in [7, 11) is 0. The summed E-state index contributed by atoms with van der Waals surface area (Å²) < 4.78 is 0.947. The third kappa shape index (κ3) is 6.39. The van der Waals surface area contributed by atoms with Crippen LogP contribution in [0.15, 0.2) is 63.6 Å². The van der Waals surface area contributed by atoms with E-state index in [0.29, 0.717) is 17.4 Å². The van der Waals surface area contributed by atoms with Crippen LogP contribution in [-0.2, 0) is 9.59 Å². The van der Waals surface area contributed by atoms with Gasteiger partial charge < -0.3 is 5.32 Å². The van der Waals surface area contributed by atoms with Gasteiger partial charge in [0.15, 0.2) is 5.17 Å². The van der Waals surface area contributed by atoms with E-state index in [9.17, 15) is 9.59 Å². The monoisotopic (exact) mass is 539 g/mol. The molecule has 1 aliphatic carbocycles. The van der Waals surface area contributed by atoms with E-state index in [-0.39, 0.29) is 18.2 Å². The maximum Gasteiger partial charge on any atom is 0.242 e. The second kappa shape index (κ2) is 11.4. The molecule has 178 valence electrons. The van der Waals surface area contributed by atoms with Gasteiger partial charge in [-0.25, -0.2) is 4.99 Å². The summed E-state index contributed by atoms with van der Waals surface area (Å²) in [5.41, 5.74) is 5.26. The number of thioether (sulfide) groups is 1. The molecule has 5 nitrogen and oxygen atoms in total. The van der Waals surface area contributed by atoms with Gasteiger partial charge in [0.1, 0.15) is 5.25 Å². The number of nitrogens with one attached hydrogen (secondary N) is 1. The normalized spacial score (nSPS) is 19.4. The van der Waals surface area contributed by atoms with Crippen LogP contribution in [0.3, 0.4) is 0 Å². The molecule has 0 radical (unpaired) electrons. The molecule has 7 heteroatoms.